The van der Waals surface area contributed by atoms with Gasteiger partial charge in [0.1, 0.15) is 5.82 Å². The van der Waals surface area contributed by atoms with Crippen LogP contribution in [-0.2, 0) is 0 Å². The van der Waals surface area contributed by atoms with Gasteiger partial charge in [-0.25, -0.2) is 4.98 Å². The Balaban J connectivity index is 1.49. The smallest absolute Gasteiger partial charge is 0.254 e. The molecule has 4 nitrogen and oxygen atoms in total. The van der Waals surface area contributed by atoms with E-state index in [9.17, 15) is 4.79 Å². The van der Waals surface area contributed by atoms with Crippen molar-refractivity contribution in [2.24, 2.45) is 0 Å². The highest BCUT2D eigenvalue weighted by Gasteiger charge is 2.29. The minimum atomic E-state index is 0.128. The molecule has 1 saturated carbocycles. The van der Waals surface area contributed by atoms with Crippen molar-refractivity contribution >= 4 is 11.7 Å². The van der Waals surface area contributed by atoms with Crippen molar-refractivity contribution < 1.29 is 4.79 Å². The van der Waals surface area contributed by atoms with Gasteiger partial charge in [0.25, 0.3) is 5.91 Å². The maximum Gasteiger partial charge on any atom is 0.254 e. The number of amides is 1. The van der Waals surface area contributed by atoms with E-state index in [1.807, 2.05) is 41.4 Å². The lowest BCUT2D eigenvalue weighted by atomic mass is 9.95. The van der Waals surface area contributed by atoms with Crippen molar-refractivity contribution in [1.29, 1.82) is 0 Å². The number of anilines is 1. The maximum atomic E-state index is 13.0. The summed E-state index contributed by atoms with van der Waals surface area (Å²) in [4.78, 5) is 19.6. The van der Waals surface area contributed by atoms with Gasteiger partial charge < -0.3 is 10.2 Å². The van der Waals surface area contributed by atoms with Crippen molar-refractivity contribution in [1.82, 2.24) is 9.88 Å². The molecule has 1 N–H and O–H groups in total. The summed E-state index contributed by atoms with van der Waals surface area (Å²) < 4.78 is 0. The molecule has 1 saturated heterocycles. The van der Waals surface area contributed by atoms with Gasteiger partial charge >= 0.3 is 0 Å². The molecule has 1 atom stereocenters. The van der Waals surface area contributed by atoms with E-state index in [1.54, 1.807) is 0 Å². The third-order valence-electron chi connectivity index (χ3n) is 5.66. The number of hydrogen-bond donors (Lipinski definition) is 1. The highest BCUT2D eigenvalue weighted by molar-refractivity contribution is 5.94. The second-order valence-electron chi connectivity index (χ2n) is 7.48. The fraction of sp³-hybridized carbons (Fsp3) is 0.455. The van der Waals surface area contributed by atoms with Crippen LogP contribution in [0.1, 0.15) is 66.9 Å². The second-order valence-corrected chi connectivity index (χ2v) is 7.48. The number of rotatable bonds is 4. The van der Waals surface area contributed by atoms with Crippen LogP contribution in [0.3, 0.4) is 0 Å². The summed E-state index contributed by atoms with van der Waals surface area (Å²) in [7, 11) is 0. The minimum absolute atomic E-state index is 0.128. The Hall–Kier alpha value is -2.36. The third kappa shape index (κ3) is 3.74. The highest BCUT2D eigenvalue weighted by atomic mass is 16.2. The van der Waals surface area contributed by atoms with Gasteiger partial charge in [0, 0.05) is 24.3 Å². The van der Waals surface area contributed by atoms with Gasteiger partial charge in [0.15, 0.2) is 0 Å². The number of piperidine rings is 1. The molecule has 1 amide bonds. The van der Waals surface area contributed by atoms with Crippen LogP contribution >= 0.6 is 0 Å². The van der Waals surface area contributed by atoms with Gasteiger partial charge in [-0.2, -0.15) is 0 Å². The maximum absolute atomic E-state index is 13.0. The number of pyridine rings is 1. The zero-order chi connectivity index (χ0) is 17.8. The van der Waals surface area contributed by atoms with Crippen molar-refractivity contribution in [2.75, 3.05) is 11.9 Å². The van der Waals surface area contributed by atoms with E-state index in [2.05, 4.69) is 22.4 Å². The largest absolute Gasteiger partial charge is 0.367 e. The average molecular weight is 349 g/mol. The van der Waals surface area contributed by atoms with E-state index in [0.717, 1.165) is 42.8 Å². The molecule has 0 bridgehead atoms. The van der Waals surface area contributed by atoms with Gasteiger partial charge in [-0.1, -0.05) is 37.1 Å². The predicted octanol–water partition coefficient (Wildman–Crippen LogP) is 4.80. The summed E-state index contributed by atoms with van der Waals surface area (Å²) in [5.41, 5.74) is 1.91. The average Bonchev–Trinajstić information content (AvgIpc) is 3.22. The Morgan fingerprint density at radius 3 is 2.46 bits per heavy atom. The first-order valence-electron chi connectivity index (χ1n) is 9.90. The summed E-state index contributed by atoms with van der Waals surface area (Å²) in [5.74, 6) is 1.08. The Morgan fingerprint density at radius 2 is 1.73 bits per heavy atom. The first-order chi connectivity index (χ1) is 12.8. The first kappa shape index (κ1) is 17.1. The molecule has 136 valence electrons. The number of nitrogens with zero attached hydrogens (tertiary/aromatic N) is 2. The van der Waals surface area contributed by atoms with E-state index in [0.29, 0.717) is 6.04 Å². The number of carbonyl (C=O) groups excluding carboxylic acids is 1. The molecule has 0 radical (unpaired) electrons. The summed E-state index contributed by atoms with van der Waals surface area (Å²) in [6, 6.07) is 14.5. The topological polar surface area (TPSA) is 45.2 Å². The molecule has 2 fully saturated rings. The van der Waals surface area contributed by atoms with Crippen molar-refractivity contribution in [3.05, 3.63) is 59.8 Å². The lowest BCUT2D eigenvalue weighted by Crippen LogP contribution is -2.38. The molecule has 1 aliphatic heterocycles. The van der Waals surface area contributed by atoms with E-state index in [4.69, 9.17) is 0 Å². The number of aromatic nitrogens is 1. The summed E-state index contributed by atoms with van der Waals surface area (Å²) in [5, 5.41) is 3.54. The standard InChI is InChI=1S/C22H27N3O/c26-22(17-8-2-1-3-9-17)25-15-7-6-12-20(25)18-13-14-21(23-16-18)24-19-10-4-5-11-19/h1-3,8-9,13-14,16,19-20H,4-7,10-12,15H2,(H,23,24)/t20-/m1/s1. The van der Waals surface area contributed by atoms with Gasteiger partial charge in [0.05, 0.1) is 6.04 Å². The quantitative estimate of drug-likeness (QED) is 0.862. The van der Waals surface area contributed by atoms with Crippen LogP contribution in [0.2, 0.25) is 0 Å². The molecular weight excluding hydrogens is 322 g/mol. The SMILES string of the molecule is O=C(c1ccccc1)N1CCCC[C@@H]1c1ccc(NC2CCCC2)nc1. The Bertz CT molecular complexity index is 723. The monoisotopic (exact) mass is 349 g/mol. The van der Waals surface area contributed by atoms with Crippen LogP contribution in [0.15, 0.2) is 48.7 Å². The zero-order valence-electron chi connectivity index (χ0n) is 15.2. The number of benzene rings is 1. The van der Waals surface area contributed by atoms with E-state index < -0.39 is 0 Å². The van der Waals surface area contributed by atoms with Crippen LogP contribution in [0, 0.1) is 0 Å². The summed E-state index contributed by atoms with van der Waals surface area (Å²) >= 11 is 0. The zero-order valence-corrected chi connectivity index (χ0v) is 15.2. The fourth-order valence-electron chi connectivity index (χ4n) is 4.23. The molecule has 1 aliphatic carbocycles. The van der Waals surface area contributed by atoms with E-state index in [-0.39, 0.29) is 11.9 Å². The normalized spacial score (nSPS) is 20.9. The van der Waals surface area contributed by atoms with Gasteiger partial charge in [0.2, 0.25) is 0 Å². The van der Waals surface area contributed by atoms with Crippen LogP contribution in [-0.4, -0.2) is 28.4 Å². The molecule has 26 heavy (non-hydrogen) atoms. The molecule has 2 heterocycles. The predicted molar refractivity (Wildman–Crippen MR) is 104 cm³/mol. The lowest BCUT2D eigenvalue weighted by Gasteiger charge is -2.36. The van der Waals surface area contributed by atoms with Crippen molar-refractivity contribution in [2.45, 2.75) is 57.0 Å². The highest BCUT2D eigenvalue weighted by Crippen LogP contribution is 2.32. The Kier molecular flexibility index (Phi) is 5.19. The van der Waals surface area contributed by atoms with Crippen molar-refractivity contribution in [3.63, 3.8) is 0 Å². The molecule has 1 aromatic carbocycles. The number of likely N-dealkylation sites (tertiary alicyclic amines) is 1. The molecule has 2 aromatic rings. The number of nitrogens with one attached hydrogen (secondary N) is 1. The third-order valence-corrected chi connectivity index (χ3v) is 5.66. The lowest BCUT2D eigenvalue weighted by molar-refractivity contribution is 0.0611. The van der Waals surface area contributed by atoms with Crippen LogP contribution in [0.4, 0.5) is 5.82 Å². The molecule has 0 spiro atoms. The van der Waals surface area contributed by atoms with E-state index in [1.165, 1.54) is 25.7 Å². The molecule has 2 aliphatic rings. The minimum Gasteiger partial charge on any atom is -0.367 e. The Morgan fingerprint density at radius 1 is 0.962 bits per heavy atom. The van der Waals surface area contributed by atoms with Gasteiger partial charge in [-0.3, -0.25) is 4.79 Å². The number of hydrogen-bond acceptors (Lipinski definition) is 3. The summed E-state index contributed by atoms with van der Waals surface area (Å²) in [6.45, 7) is 0.820. The molecule has 0 unspecified atom stereocenters. The van der Waals surface area contributed by atoms with Crippen LogP contribution in [0.5, 0.6) is 0 Å². The summed E-state index contributed by atoms with van der Waals surface area (Å²) in [6.07, 6.45) is 10.3. The van der Waals surface area contributed by atoms with Crippen LogP contribution < -0.4 is 5.32 Å². The van der Waals surface area contributed by atoms with E-state index >= 15 is 0 Å². The molecule has 4 rings (SSSR count). The van der Waals surface area contributed by atoms with Gasteiger partial charge in [-0.15, -0.1) is 0 Å². The Labute approximate surface area is 155 Å². The van der Waals surface area contributed by atoms with Crippen molar-refractivity contribution in [3.8, 4) is 0 Å². The number of carbonyl (C=O) groups is 1. The van der Waals surface area contributed by atoms with Crippen LogP contribution in [0.25, 0.3) is 0 Å². The fourth-order valence-corrected chi connectivity index (χ4v) is 4.23. The molecule has 4 heteroatoms. The molecule has 1 aromatic heterocycles. The second kappa shape index (κ2) is 7.90. The van der Waals surface area contributed by atoms with Gasteiger partial charge in [-0.05, 0) is 55.9 Å². The first-order valence-corrected chi connectivity index (χ1v) is 9.90. The molecular formula is C22H27N3O.